The number of fused-ring (bicyclic) bond motifs is 1. The van der Waals surface area contributed by atoms with E-state index in [0.717, 1.165) is 35.5 Å². The summed E-state index contributed by atoms with van der Waals surface area (Å²) in [5, 5.41) is 9.24. The number of rotatable bonds is 4. The zero-order valence-corrected chi connectivity index (χ0v) is 13.8. The van der Waals surface area contributed by atoms with E-state index in [0.29, 0.717) is 19.3 Å². The molecule has 1 fully saturated rings. The molecule has 0 radical (unpaired) electrons. The van der Waals surface area contributed by atoms with Crippen molar-refractivity contribution in [2.24, 2.45) is 0 Å². The lowest BCUT2D eigenvalue weighted by atomic mass is 9.98. The molecule has 1 aromatic carbocycles. The van der Waals surface area contributed by atoms with Crippen molar-refractivity contribution in [2.45, 2.75) is 38.3 Å². The third kappa shape index (κ3) is 3.52. The highest BCUT2D eigenvalue weighted by Crippen LogP contribution is 2.36. The van der Waals surface area contributed by atoms with E-state index in [2.05, 4.69) is 26.9 Å². The standard InChI is InChI=1S/C16H22BrNO3/c17-14-10-16-15(20-7-8-21-16)9-12(14)11-18-5-2-1-3-13(18)4-6-19/h9-10,13,19H,1-8,11H2. The molecule has 2 aliphatic rings. The van der Waals surface area contributed by atoms with Gasteiger partial charge in [-0.2, -0.15) is 0 Å². The third-order valence-corrected chi connectivity index (χ3v) is 5.03. The Morgan fingerprint density at radius 2 is 1.95 bits per heavy atom. The minimum Gasteiger partial charge on any atom is -0.486 e. The molecule has 1 aromatic rings. The first-order chi connectivity index (χ1) is 10.3. The first kappa shape index (κ1) is 15.1. The molecule has 4 nitrogen and oxygen atoms in total. The Morgan fingerprint density at radius 1 is 1.19 bits per heavy atom. The summed E-state index contributed by atoms with van der Waals surface area (Å²) in [6.45, 7) is 3.49. The molecular weight excluding hydrogens is 334 g/mol. The van der Waals surface area contributed by atoms with Crippen molar-refractivity contribution in [3.8, 4) is 11.5 Å². The second kappa shape index (κ2) is 6.99. The van der Waals surface area contributed by atoms with Gasteiger partial charge in [-0.1, -0.05) is 22.4 Å². The first-order valence-electron chi connectivity index (χ1n) is 7.71. The molecule has 5 heteroatoms. The lowest BCUT2D eigenvalue weighted by Crippen LogP contribution is -2.39. The van der Waals surface area contributed by atoms with Gasteiger partial charge in [-0.05, 0) is 43.5 Å². The fourth-order valence-corrected chi connectivity index (χ4v) is 3.64. The molecule has 116 valence electrons. The SMILES string of the molecule is OCCC1CCCCN1Cc1cc2c(cc1Br)OCCO2. The van der Waals surface area contributed by atoms with Gasteiger partial charge in [0, 0.05) is 23.7 Å². The second-order valence-corrected chi connectivity index (χ2v) is 6.57. The Balaban J connectivity index is 1.76. The molecule has 0 spiro atoms. The molecule has 0 aromatic heterocycles. The number of halogens is 1. The van der Waals surface area contributed by atoms with Gasteiger partial charge in [0.25, 0.3) is 0 Å². The summed E-state index contributed by atoms with van der Waals surface area (Å²) in [5.74, 6) is 1.66. The maximum absolute atomic E-state index is 9.24. The van der Waals surface area contributed by atoms with Crippen molar-refractivity contribution in [1.82, 2.24) is 4.90 Å². The minimum atomic E-state index is 0.267. The van der Waals surface area contributed by atoms with E-state index in [1.807, 2.05) is 6.07 Å². The van der Waals surface area contributed by atoms with Crippen molar-refractivity contribution in [2.75, 3.05) is 26.4 Å². The molecule has 2 heterocycles. The summed E-state index contributed by atoms with van der Waals surface area (Å²) < 4.78 is 12.4. The molecular formula is C16H22BrNO3. The van der Waals surface area contributed by atoms with Crippen molar-refractivity contribution in [3.05, 3.63) is 22.2 Å². The summed E-state index contributed by atoms with van der Waals surface area (Å²) in [4.78, 5) is 2.48. The maximum atomic E-state index is 9.24. The van der Waals surface area contributed by atoms with Gasteiger partial charge in [-0.15, -0.1) is 0 Å². The number of hydrogen-bond acceptors (Lipinski definition) is 4. The molecule has 2 aliphatic heterocycles. The highest BCUT2D eigenvalue weighted by molar-refractivity contribution is 9.10. The maximum Gasteiger partial charge on any atom is 0.162 e. The number of nitrogens with zero attached hydrogens (tertiary/aromatic N) is 1. The predicted octanol–water partition coefficient (Wildman–Crippen LogP) is 2.96. The van der Waals surface area contributed by atoms with E-state index in [-0.39, 0.29) is 6.61 Å². The third-order valence-electron chi connectivity index (χ3n) is 4.30. The Labute approximate surface area is 134 Å². The van der Waals surface area contributed by atoms with Crippen LogP contribution < -0.4 is 9.47 Å². The molecule has 1 saturated heterocycles. The van der Waals surface area contributed by atoms with Gasteiger partial charge in [0.05, 0.1) is 0 Å². The van der Waals surface area contributed by atoms with Crippen LogP contribution in [0.5, 0.6) is 11.5 Å². The topological polar surface area (TPSA) is 41.9 Å². The molecule has 1 N–H and O–H groups in total. The molecule has 3 rings (SSSR count). The fourth-order valence-electron chi connectivity index (χ4n) is 3.19. The Bertz CT molecular complexity index is 493. The molecule has 0 bridgehead atoms. The van der Waals surface area contributed by atoms with E-state index in [1.54, 1.807) is 0 Å². The average Bonchev–Trinajstić information content (AvgIpc) is 2.50. The summed E-state index contributed by atoms with van der Waals surface area (Å²) in [5.41, 5.74) is 1.23. The van der Waals surface area contributed by atoms with Crippen molar-refractivity contribution >= 4 is 15.9 Å². The highest BCUT2D eigenvalue weighted by atomic mass is 79.9. The molecule has 21 heavy (non-hydrogen) atoms. The molecule has 0 aliphatic carbocycles. The van der Waals surface area contributed by atoms with E-state index in [4.69, 9.17) is 9.47 Å². The number of aliphatic hydroxyl groups is 1. The molecule has 0 amide bonds. The van der Waals surface area contributed by atoms with Crippen LogP contribution in [-0.4, -0.2) is 42.4 Å². The van der Waals surface area contributed by atoms with E-state index in [1.165, 1.54) is 24.8 Å². The molecule has 1 atom stereocenters. The van der Waals surface area contributed by atoms with Crippen LogP contribution in [0.4, 0.5) is 0 Å². The second-order valence-electron chi connectivity index (χ2n) is 5.72. The van der Waals surface area contributed by atoms with Gasteiger partial charge in [0.2, 0.25) is 0 Å². The summed E-state index contributed by atoms with van der Waals surface area (Å²) >= 11 is 3.65. The van der Waals surface area contributed by atoms with E-state index >= 15 is 0 Å². The van der Waals surface area contributed by atoms with E-state index in [9.17, 15) is 5.11 Å². The zero-order valence-electron chi connectivity index (χ0n) is 12.2. The van der Waals surface area contributed by atoms with Crippen LogP contribution in [-0.2, 0) is 6.54 Å². The van der Waals surface area contributed by atoms with Crippen LogP contribution >= 0.6 is 15.9 Å². The van der Waals surface area contributed by atoms with Gasteiger partial charge in [-0.25, -0.2) is 0 Å². The van der Waals surface area contributed by atoms with Gasteiger partial charge in [0.1, 0.15) is 13.2 Å². The predicted molar refractivity (Wildman–Crippen MR) is 84.9 cm³/mol. The van der Waals surface area contributed by atoms with Gasteiger partial charge in [0.15, 0.2) is 11.5 Å². The number of hydrogen-bond donors (Lipinski definition) is 1. The number of aliphatic hydroxyl groups excluding tert-OH is 1. The first-order valence-corrected chi connectivity index (χ1v) is 8.50. The zero-order chi connectivity index (χ0) is 14.7. The Kier molecular flexibility index (Phi) is 5.03. The Hall–Kier alpha value is -0.780. The number of benzene rings is 1. The van der Waals surface area contributed by atoms with Crippen molar-refractivity contribution in [3.63, 3.8) is 0 Å². The van der Waals surface area contributed by atoms with Crippen LogP contribution in [0.2, 0.25) is 0 Å². The highest BCUT2D eigenvalue weighted by Gasteiger charge is 2.23. The average molecular weight is 356 g/mol. The monoisotopic (exact) mass is 355 g/mol. The van der Waals surface area contributed by atoms with Crippen molar-refractivity contribution in [1.29, 1.82) is 0 Å². The lowest BCUT2D eigenvalue weighted by Gasteiger charge is -2.36. The lowest BCUT2D eigenvalue weighted by molar-refractivity contribution is 0.112. The summed E-state index contributed by atoms with van der Waals surface area (Å²) in [6, 6.07) is 4.58. The molecule has 1 unspecified atom stereocenters. The summed E-state index contributed by atoms with van der Waals surface area (Å²) in [7, 11) is 0. The van der Waals surface area contributed by atoms with Crippen LogP contribution in [0.1, 0.15) is 31.2 Å². The quantitative estimate of drug-likeness (QED) is 0.901. The number of ether oxygens (including phenoxy) is 2. The normalized spacial score (nSPS) is 22.3. The Morgan fingerprint density at radius 3 is 2.71 bits per heavy atom. The van der Waals surface area contributed by atoms with Gasteiger partial charge < -0.3 is 14.6 Å². The van der Waals surface area contributed by atoms with Gasteiger partial charge in [-0.3, -0.25) is 4.90 Å². The number of likely N-dealkylation sites (tertiary alicyclic amines) is 1. The van der Waals surface area contributed by atoms with E-state index < -0.39 is 0 Å². The van der Waals surface area contributed by atoms with Crippen LogP contribution in [0.3, 0.4) is 0 Å². The van der Waals surface area contributed by atoms with Gasteiger partial charge >= 0.3 is 0 Å². The van der Waals surface area contributed by atoms with Crippen LogP contribution in [0.25, 0.3) is 0 Å². The van der Waals surface area contributed by atoms with Crippen LogP contribution in [0.15, 0.2) is 16.6 Å². The minimum absolute atomic E-state index is 0.267. The summed E-state index contributed by atoms with van der Waals surface area (Å²) in [6.07, 6.45) is 4.55. The van der Waals surface area contributed by atoms with Crippen LogP contribution in [0, 0.1) is 0 Å². The van der Waals surface area contributed by atoms with Crippen molar-refractivity contribution < 1.29 is 14.6 Å². The number of piperidine rings is 1. The molecule has 0 saturated carbocycles. The fraction of sp³-hybridized carbons (Fsp3) is 0.625. The smallest absolute Gasteiger partial charge is 0.162 e. The largest absolute Gasteiger partial charge is 0.486 e.